The quantitative estimate of drug-likeness (QED) is 0.147. The van der Waals surface area contributed by atoms with Crippen LogP contribution in [-0.2, 0) is 19.1 Å². The molecule has 6 N–H and O–H groups in total. The van der Waals surface area contributed by atoms with Crippen LogP contribution in [0.25, 0.3) is 0 Å². The number of carboxylic acid groups (broad SMARTS) is 1. The van der Waals surface area contributed by atoms with Gasteiger partial charge in [-0.25, -0.2) is 9.59 Å². The highest BCUT2D eigenvalue weighted by Crippen LogP contribution is 2.68. The minimum atomic E-state index is -1.18. The topological polar surface area (TPSA) is 174 Å². The normalized spacial score (nSPS) is 34.2. The van der Waals surface area contributed by atoms with Crippen LogP contribution in [0.15, 0.2) is 24.3 Å². The average molecular weight is 712 g/mol. The Morgan fingerprint density at radius 3 is 2.10 bits per heavy atom. The molecule has 1 aromatic rings. The number of aliphatic carboxylic acids is 1. The van der Waals surface area contributed by atoms with Gasteiger partial charge in [-0.05, 0) is 156 Å². The molecule has 11 heteroatoms. The van der Waals surface area contributed by atoms with Crippen molar-refractivity contribution in [1.82, 2.24) is 5.32 Å². The summed E-state index contributed by atoms with van der Waals surface area (Å²) in [5, 5.41) is 39.7. The second-order valence-electron chi connectivity index (χ2n) is 17.7. The SMILES string of the molecule is C[C@H](CCC(=O)N[C@@H](CCC(=O)Nc1ccc(NC(=O)OC(C)(C)C)cc1)C(=O)O)[C@H]1CC[C@H]2[C@@H]3[C@H](O)C[C@@H]4C[C@H](O)CC[C@]4(C)[C@H]3CC[C@]12C. The van der Waals surface area contributed by atoms with Crippen molar-refractivity contribution >= 4 is 35.3 Å². The summed E-state index contributed by atoms with van der Waals surface area (Å²) in [6.45, 7) is 12.4. The second-order valence-corrected chi connectivity index (χ2v) is 17.7. The van der Waals surface area contributed by atoms with Gasteiger partial charge in [-0.15, -0.1) is 0 Å². The fourth-order valence-corrected chi connectivity index (χ4v) is 10.8. The van der Waals surface area contributed by atoms with E-state index in [9.17, 15) is 34.5 Å². The van der Waals surface area contributed by atoms with Crippen LogP contribution in [0.4, 0.5) is 16.2 Å². The maximum Gasteiger partial charge on any atom is 0.412 e. The largest absolute Gasteiger partial charge is 0.480 e. The number of rotatable bonds is 11. The van der Waals surface area contributed by atoms with Gasteiger partial charge in [0.2, 0.25) is 11.8 Å². The molecule has 0 heterocycles. The van der Waals surface area contributed by atoms with E-state index < -0.39 is 23.7 Å². The minimum absolute atomic E-state index is 0.0489. The number of hydrogen-bond acceptors (Lipinski definition) is 7. The van der Waals surface area contributed by atoms with E-state index in [4.69, 9.17) is 4.74 Å². The Bertz CT molecular complexity index is 1430. The van der Waals surface area contributed by atoms with Crippen LogP contribution in [0.1, 0.15) is 119 Å². The lowest BCUT2D eigenvalue weighted by atomic mass is 9.43. The Hall–Kier alpha value is -3.18. The van der Waals surface area contributed by atoms with E-state index in [0.29, 0.717) is 41.5 Å². The molecule has 51 heavy (non-hydrogen) atoms. The number of ether oxygens (including phenoxy) is 1. The van der Waals surface area contributed by atoms with Gasteiger partial charge in [-0.1, -0.05) is 20.8 Å². The fraction of sp³-hybridized carbons (Fsp3) is 0.750. The van der Waals surface area contributed by atoms with E-state index in [-0.39, 0.29) is 66.0 Å². The first kappa shape index (κ1) is 39.0. The zero-order chi connectivity index (χ0) is 37.3. The molecule has 4 aliphatic carbocycles. The molecule has 284 valence electrons. The first-order valence-corrected chi connectivity index (χ1v) is 19.2. The molecule has 0 aromatic heterocycles. The molecule has 5 rings (SSSR count). The number of nitrogens with one attached hydrogen (secondary N) is 3. The zero-order valence-corrected chi connectivity index (χ0v) is 31.4. The van der Waals surface area contributed by atoms with Gasteiger partial charge >= 0.3 is 12.1 Å². The molecule has 0 radical (unpaired) electrons. The lowest BCUT2D eigenvalue weighted by molar-refractivity contribution is -0.174. The van der Waals surface area contributed by atoms with Crippen LogP contribution in [-0.4, -0.2) is 63.0 Å². The minimum Gasteiger partial charge on any atom is -0.480 e. The van der Waals surface area contributed by atoms with Crippen molar-refractivity contribution < 1.29 is 39.2 Å². The number of carboxylic acids is 1. The highest BCUT2D eigenvalue weighted by atomic mass is 16.6. The molecule has 4 saturated carbocycles. The van der Waals surface area contributed by atoms with E-state index in [2.05, 4.69) is 36.7 Å². The van der Waals surface area contributed by atoms with E-state index in [1.165, 1.54) is 0 Å². The lowest BCUT2D eigenvalue weighted by Gasteiger charge is -2.62. The molecule has 11 atom stereocenters. The maximum atomic E-state index is 13.0. The highest BCUT2D eigenvalue weighted by Gasteiger charge is 2.62. The third-order valence-electron chi connectivity index (χ3n) is 13.3. The first-order valence-electron chi connectivity index (χ1n) is 19.2. The smallest absolute Gasteiger partial charge is 0.412 e. The predicted octanol–water partition coefficient (Wildman–Crippen LogP) is 6.73. The third kappa shape index (κ3) is 8.90. The molecule has 0 spiro atoms. The Morgan fingerprint density at radius 1 is 0.843 bits per heavy atom. The Labute approximate surface area is 303 Å². The van der Waals surface area contributed by atoms with Crippen LogP contribution < -0.4 is 16.0 Å². The summed E-state index contributed by atoms with van der Waals surface area (Å²) >= 11 is 0. The van der Waals surface area contributed by atoms with Crippen molar-refractivity contribution in [2.75, 3.05) is 10.6 Å². The molecule has 4 aliphatic rings. The standard InChI is InChI=1S/C40H61N3O8/c1-23(28-12-13-29-35-30(18-20-40(28,29)6)39(5)19-17-27(44)21-24(39)22-32(35)45)7-15-34(47)43-31(36(48)49)14-16-33(46)41-25-8-10-26(11-9-25)42-37(50)51-38(2,3)4/h8-11,23-24,27-32,35,44-45H,7,12-22H2,1-6H3,(H,41,46)(H,42,50)(H,43,47)(H,48,49)/t23-,24+,27-,28-,29+,30+,31+,32-,35+,39+,40-/m1/s1. The van der Waals surface area contributed by atoms with Crippen molar-refractivity contribution in [2.24, 2.45) is 46.3 Å². The Kier molecular flexibility index (Phi) is 11.8. The number of aliphatic hydroxyl groups excluding tert-OH is 2. The molecule has 0 bridgehead atoms. The summed E-state index contributed by atoms with van der Waals surface area (Å²) in [5.41, 5.74) is 0.633. The van der Waals surface area contributed by atoms with Crippen molar-refractivity contribution in [3.05, 3.63) is 24.3 Å². The van der Waals surface area contributed by atoms with Crippen LogP contribution in [0, 0.1) is 46.3 Å². The van der Waals surface area contributed by atoms with E-state index in [1.54, 1.807) is 45.0 Å². The molecule has 4 fully saturated rings. The molecule has 0 saturated heterocycles. The molecule has 3 amide bonds. The number of fused-ring (bicyclic) bond motifs is 5. The summed E-state index contributed by atoms with van der Waals surface area (Å²) in [7, 11) is 0. The van der Waals surface area contributed by atoms with Gasteiger partial charge in [0.25, 0.3) is 0 Å². The number of anilines is 2. The fourth-order valence-electron chi connectivity index (χ4n) is 10.8. The lowest BCUT2D eigenvalue weighted by Crippen LogP contribution is -2.58. The van der Waals surface area contributed by atoms with E-state index in [1.807, 2.05) is 0 Å². The summed E-state index contributed by atoms with van der Waals surface area (Å²) in [6.07, 6.45) is 7.45. The molecule has 11 nitrogen and oxygen atoms in total. The Morgan fingerprint density at radius 2 is 1.45 bits per heavy atom. The van der Waals surface area contributed by atoms with Crippen molar-refractivity contribution in [3.8, 4) is 0 Å². The van der Waals surface area contributed by atoms with Crippen LogP contribution in [0.5, 0.6) is 0 Å². The third-order valence-corrected chi connectivity index (χ3v) is 13.3. The van der Waals surface area contributed by atoms with E-state index in [0.717, 1.165) is 51.4 Å². The van der Waals surface area contributed by atoms with Gasteiger partial charge in [-0.3, -0.25) is 14.9 Å². The number of carbonyl (C=O) groups is 4. The van der Waals surface area contributed by atoms with Crippen molar-refractivity contribution in [1.29, 1.82) is 0 Å². The number of aliphatic hydroxyl groups is 2. The summed E-state index contributed by atoms with van der Waals surface area (Å²) in [6, 6.07) is 5.31. The van der Waals surface area contributed by atoms with Gasteiger partial charge in [0.15, 0.2) is 0 Å². The van der Waals surface area contributed by atoms with Crippen LogP contribution in [0.2, 0.25) is 0 Å². The van der Waals surface area contributed by atoms with Crippen LogP contribution in [0.3, 0.4) is 0 Å². The van der Waals surface area contributed by atoms with Crippen molar-refractivity contribution in [2.45, 2.75) is 142 Å². The number of carbonyl (C=O) groups excluding carboxylic acids is 3. The van der Waals surface area contributed by atoms with Gasteiger partial charge in [0.05, 0.1) is 12.2 Å². The number of amides is 3. The predicted molar refractivity (Wildman–Crippen MR) is 195 cm³/mol. The summed E-state index contributed by atoms with van der Waals surface area (Å²) in [4.78, 5) is 49.6. The summed E-state index contributed by atoms with van der Waals surface area (Å²) in [5.74, 6) is 0.422. The molecule has 0 aliphatic heterocycles. The molecule has 0 unspecified atom stereocenters. The van der Waals surface area contributed by atoms with Crippen LogP contribution >= 0.6 is 0 Å². The Balaban J connectivity index is 1.08. The monoisotopic (exact) mass is 711 g/mol. The zero-order valence-electron chi connectivity index (χ0n) is 31.4. The molecular weight excluding hydrogens is 650 g/mol. The van der Waals surface area contributed by atoms with Gasteiger partial charge in [0, 0.05) is 24.2 Å². The molecular formula is C40H61N3O8. The number of benzene rings is 1. The van der Waals surface area contributed by atoms with Gasteiger partial charge in [-0.2, -0.15) is 0 Å². The van der Waals surface area contributed by atoms with E-state index >= 15 is 0 Å². The highest BCUT2D eigenvalue weighted by molar-refractivity contribution is 5.92. The second kappa shape index (κ2) is 15.4. The maximum absolute atomic E-state index is 13.0. The molecule has 1 aromatic carbocycles. The number of hydrogen-bond donors (Lipinski definition) is 6. The first-order chi connectivity index (χ1) is 23.9. The van der Waals surface area contributed by atoms with Gasteiger partial charge < -0.3 is 30.7 Å². The van der Waals surface area contributed by atoms with Gasteiger partial charge in [0.1, 0.15) is 11.6 Å². The average Bonchev–Trinajstić information content (AvgIpc) is 3.39. The summed E-state index contributed by atoms with van der Waals surface area (Å²) < 4.78 is 5.24. The van der Waals surface area contributed by atoms with Crippen molar-refractivity contribution in [3.63, 3.8) is 0 Å².